The average Bonchev–Trinajstić information content (AvgIpc) is 3.20. The van der Waals surface area contributed by atoms with E-state index in [9.17, 15) is 4.79 Å². The number of benzene rings is 1. The lowest BCUT2D eigenvalue weighted by molar-refractivity contribution is -0.137. The van der Waals surface area contributed by atoms with Crippen LogP contribution in [0.2, 0.25) is 0 Å². The Morgan fingerprint density at radius 1 is 1.09 bits per heavy atom. The summed E-state index contributed by atoms with van der Waals surface area (Å²) in [5, 5.41) is 0. The van der Waals surface area contributed by atoms with Crippen molar-refractivity contribution in [2.45, 2.75) is 63.5 Å². The van der Waals surface area contributed by atoms with Crippen LogP contribution < -0.4 is 5.73 Å². The molecule has 2 atom stereocenters. The van der Waals surface area contributed by atoms with E-state index in [4.69, 9.17) is 5.73 Å². The normalized spacial score (nSPS) is 24.4. The molecule has 128 valence electrons. The van der Waals surface area contributed by atoms with Crippen molar-refractivity contribution in [3.8, 4) is 0 Å². The van der Waals surface area contributed by atoms with E-state index in [1.165, 1.54) is 31.2 Å². The first-order valence-electron chi connectivity index (χ1n) is 8.84. The Labute approximate surface area is 146 Å². The second-order valence-corrected chi connectivity index (χ2v) is 6.98. The van der Waals surface area contributed by atoms with Gasteiger partial charge in [-0.1, -0.05) is 43.2 Å². The maximum absolute atomic E-state index is 13.0. The van der Waals surface area contributed by atoms with E-state index in [0.717, 1.165) is 32.2 Å². The zero-order chi connectivity index (χ0) is 15.4. The molecule has 23 heavy (non-hydrogen) atoms. The van der Waals surface area contributed by atoms with Gasteiger partial charge in [-0.25, -0.2) is 0 Å². The molecule has 0 spiro atoms. The summed E-state index contributed by atoms with van der Waals surface area (Å²) in [6, 6.07) is 11.2. The number of carbonyl (C=O) groups is 1. The van der Waals surface area contributed by atoms with E-state index in [1.807, 2.05) is 6.07 Å². The molecule has 1 amide bonds. The fourth-order valence-electron chi connectivity index (χ4n) is 4.06. The van der Waals surface area contributed by atoms with Gasteiger partial charge in [-0.15, -0.1) is 12.4 Å². The quantitative estimate of drug-likeness (QED) is 0.893. The van der Waals surface area contributed by atoms with E-state index < -0.39 is 0 Å². The lowest BCUT2D eigenvalue weighted by Crippen LogP contribution is -2.43. The van der Waals surface area contributed by atoms with Gasteiger partial charge in [-0.3, -0.25) is 4.79 Å². The first kappa shape index (κ1) is 18.3. The minimum absolute atomic E-state index is 0. The van der Waals surface area contributed by atoms with Gasteiger partial charge in [0.2, 0.25) is 5.91 Å². The Bertz CT molecular complexity index is 487. The van der Waals surface area contributed by atoms with Crippen molar-refractivity contribution in [3.05, 3.63) is 35.9 Å². The van der Waals surface area contributed by atoms with Crippen LogP contribution in [0.3, 0.4) is 0 Å². The van der Waals surface area contributed by atoms with Crippen molar-refractivity contribution in [3.63, 3.8) is 0 Å². The van der Waals surface area contributed by atoms with Crippen LogP contribution in [0.1, 0.15) is 50.5 Å². The molecule has 2 aliphatic rings. The molecule has 1 aromatic rings. The van der Waals surface area contributed by atoms with Crippen molar-refractivity contribution in [1.29, 1.82) is 0 Å². The number of hydrogen-bond acceptors (Lipinski definition) is 2. The first-order chi connectivity index (χ1) is 10.7. The third-order valence-electron chi connectivity index (χ3n) is 5.36. The monoisotopic (exact) mass is 336 g/mol. The molecule has 2 N–H and O–H groups in total. The number of nitrogens with zero attached hydrogens (tertiary/aromatic N) is 1. The van der Waals surface area contributed by atoms with Crippen LogP contribution in [0.5, 0.6) is 0 Å². The van der Waals surface area contributed by atoms with Crippen molar-refractivity contribution in [2.24, 2.45) is 11.7 Å². The van der Waals surface area contributed by atoms with Crippen LogP contribution in [-0.2, 0) is 11.2 Å². The molecule has 2 unspecified atom stereocenters. The van der Waals surface area contributed by atoms with Crippen molar-refractivity contribution < 1.29 is 4.79 Å². The summed E-state index contributed by atoms with van der Waals surface area (Å²) in [5.74, 6) is 0.544. The topological polar surface area (TPSA) is 46.3 Å². The molecule has 0 heterocycles. The Hall–Kier alpha value is -1.06. The predicted molar refractivity (Wildman–Crippen MR) is 96.7 cm³/mol. The molecule has 2 fully saturated rings. The number of halogens is 1. The fraction of sp³-hybridized carbons (Fsp3) is 0.632. The molecule has 0 bridgehead atoms. The summed E-state index contributed by atoms with van der Waals surface area (Å²) in [6.45, 7) is 0.860. The summed E-state index contributed by atoms with van der Waals surface area (Å²) in [5.41, 5.74) is 7.33. The lowest BCUT2D eigenvalue weighted by Gasteiger charge is -2.31. The van der Waals surface area contributed by atoms with Gasteiger partial charge in [0.15, 0.2) is 0 Å². The molecular weight excluding hydrogens is 308 g/mol. The zero-order valence-corrected chi connectivity index (χ0v) is 14.6. The van der Waals surface area contributed by atoms with Gasteiger partial charge in [-0.2, -0.15) is 0 Å². The minimum Gasteiger partial charge on any atom is -0.339 e. The van der Waals surface area contributed by atoms with E-state index in [1.54, 1.807) is 0 Å². The molecule has 2 saturated carbocycles. The van der Waals surface area contributed by atoms with Gasteiger partial charge < -0.3 is 10.6 Å². The van der Waals surface area contributed by atoms with E-state index in [-0.39, 0.29) is 24.4 Å². The first-order valence-corrected chi connectivity index (χ1v) is 8.84. The summed E-state index contributed by atoms with van der Waals surface area (Å²) in [4.78, 5) is 15.2. The molecular formula is C19H29ClN2O. The maximum Gasteiger partial charge on any atom is 0.226 e. The Balaban J connectivity index is 0.00000192. The van der Waals surface area contributed by atoms with Crippen LogP contribution >= 0.6 is 12.4 Å². The summed E-state index contributed by atoms with van der Waals surface area (Å²) < 4.78 is 0. The highest BCUT2D eigenvalue weighted by atomic mass is 35.5. The second kappa shape index (κ2) is 8.70. The van der Waals surface area contributed by atoms with Gasteiger partial charge in [0.25, 0.3) is 0 Å². The molecule has 0 aliphatic heterocycles. The van der Waals surface area contributed by atoms with Crippen LogP contribution in [0, 0.1) is 5.92 Å². The highest BCUT2D eigenvalue weighted by Crippen LogP contribution is 2.30. The minimum atomic E-state index is 0. The highest BCUT2D eigenvalue weighted by molar-refractivity contribution is 5.85. The Morgan fingerprint density at radius 2 is 1.78 bits per heavy atom. The summed E-state index contributed by atoms with van der Waals surface area (Å²) >= 11 is 0. The van der Waals surface area contributed by atoms with E-state index in [2.05, 4.69) is 29.2 Å². The highest BCUT2D eigenvalue weighted by Gasteiger charge is 2.34. The fourth-order valence-corrected chi connectivity index (χ4v) is 4.06. The molecule has 3 rings (SSSR count). The van der Waals surface area contributed by atoms with Gasteiger partial charge in [0, 0.05) is 24.5 Å². The number of carbonyl (C=O) groups excluding carboxylic acids is 1. The molecule has 0 aromatic heterocycles. The maximum atomic E-state index is 13.0. The van der Waals surface area contributed by atoms with Gasteiger partial charge in [0.1, 0.15) is 0 Å². The van der Waals surface area contributed by atoms with Crippen LogP contribution in [-0.4, -0.2) is 29.4 Å². The largest absolute Gasteiger partial charge is 0.339 e. The standard InChI is InChI=1S/C19H28N2O.ClH/c20-17-11-10-16(14-17)19(22)21(18-8-4-5-9-18)13-12-15-6-2-1-3-7-15;/h1-3,6-7,16-18H,4-5,8-14,20H2;1H. The van der Waals surface area contributed by atoms with E-state index >= 15 is 0 Å². The average molecular weight is 337 g/mol. The molecule has 3 nitrogen and oxygen atoms in total. The van der Waals surface area contributed by atoms with Crippen molar-refractivity contribution >= 4 is 18.3 Å². The number of nitrogens with two attached hydrogens (primary N) is 1. The number of rotatable bonds is 5. The number of amides is 1. The van der Waals surface area contributed by atoms with Crippen LogP contribution in [0.15, 0.2) is 30.3 Å². The smallest absolute Gasteiger partial charge is 0.226 e. The van der Waals surface area contributed by atoms with Crippen LogP contribution in [0.4, 0.5) is 0 Å². The zero-order valence-electron chi connectivity index (χ0n) is 13.8. The van der Waals surface area contributed by atoms with E-state index in [0.29, 0.717) is 11.9 Å². The van der Waals surface area contributed by atoms with Gasteiger partial charge in [0.05, 0.1) is 0 Å². The third kappa shape index (κ3) is 4.71. The molecule has 4 heteroatoms. The van der Waals surface area contributed by atoms with Crippen LogP contribution in [0.25, 0.3) is 0 Å². The summed E-state index contributed by atoms with van der Waals surface area (Å²) in [6.07, 6.45) is 8.73. The van der Waals surface area contributed by atoms with Crippen molar-refractivity contribution in [2.75, 3.05) is 6.54 Å². The SMILES string of the molecule is Cl.NC1CCC(C(=O)N(CCc2ccccc2)C2CCCC2)C1. The van der Waals surface area contributed by atoms with Gasteiger partial charge >= 0.3 is 0 Å². The Morgan fingerprint density at radius 3 is 2.39 bits per heavy atom. The number of hydrogen-bond donors (Lipinski definition) is 1. The Kier molecular flexibility index (Phi) is 6.91. The lowest BCUT2D eigenvalue weighted by atomic mass is 10.0. The molecule has 0 radical (unpaired) electrons. The molecule has 1 aromatic carbocycles. The third-order valence-corrected chi connectivity index (χ3v) is 5.36. The second-order valence-electron chi connectivity index (χ2n) is 6.98. The van der Waals surface area contributed by atoms with Gasteiger partial charge in [-0.05, 0) is 44.1 Å². The predicted octanol–water partition coefficient (Wildman–Crippen LogP) is 3.55. The molecule has 2 aliphatic carbocycles. The van der Waals surface area contributed by atoms with Crippen molar-refractivity contribution in [1.82, 2.24) is 4.90 Å². The molecule has 0 saturated heterocycles. The summed E-state index contributed by atoms with van der Waals surface area (Å²) in [7, 11) is 0.